The van der Waals surface area contributed by atoms with Crippen LogP contribution in [0.4, 0.5) is 0 Å². The second-order valence-electron chi connectivity index (χ2n) is 5.67. The van der Waals surface area contributed by atoms with E-state index in [1.54, 1.807) is 20.8 Å². The fourth-order valence-corrected chi connectivity index (χ4v) is 2.62. The van der Waals surface area contributed by atoms with Gasteiger partial charge in [-0.15, -0.1) is 0 Å². The molecule has 22 heavy (non-hydrogen) atoms. The molecule has 0 N–H and O–H groups in total. The van der Waals surface area contributed by atoms with Crippen molar-refractivity contribution in [2.45, 2.75) is 33.8 Å². The average molecular weight is 300 g/mol. The monoisotopic (exact) mass is 300 g/mol. The number of ketones is 2. The van der Waals surface area contributed by atoms with Crippen LogP contribution in [0.15, 0.2) is 54.6 Å². The van der Waals surface area contributed by atoms with Crippen LogP contribution in [0, 0.1) is 5.41 Å². The number of allylic oxidation sites excluding steroid dienone is 2. The predicted octanol–water partition coefficient (Wildman–Crippen LogP) is 4.06. The van der Waals surface area contributed by atoms with Crippen LogP contribution in [-0.4, -0.2) is 18.2 Å². The van der Waals surface area contributed by atoms with Crippen LogP contribution in [0.5, 0.6) is 0 Å². The summed E-state index contributed by atoms with van der Waals surface area (Å²) in [6, 6.07) is 9.31. The van der Waals surface area contributed by atoms with Gasteiger partial charge in [-0.1, -0.05) is 43.5 Å². The molecule has 0 radical (unpaired) electrons. The lowest BCUT2D eigenvalue weighted by Gasteiger charge is -2.35. The van der Waals surface area contributed by atoms with Gasteiger partial charge in [0.1, 0.15) is 11.5 Å². The predicted molar refractivity (Wildman–Crippen MR) is 88.6 cm³/mol. The molecule has 1 rings (SSSR count). The third-order valence-corrected chi connectivity index (χ3v) is 3.68. The molecule has 3 heteroatoms. The number of rotatable bonds is 8. The van der Waals surface area contributed by atoms with E-state index in [1.807, 2.05) is 37.3 Å². The summed E-state index contributed by atoms with van der Waals surface area (Å²) in [5.41, 5.74) is 0.0844. The lowest BCUT2D eigenvalue weighted by molar-refractivity contribution is -0.146. The molecule has 0 spiro atoms. The highest BCUT2D eigenvalue weighted by molar-refractivity contribution is 6.18. The zero-order valence-corrected chi connectivity index (χ0v) is 13.8. The summed E-state index contributed by atoms with van der Waals surface area (Å²) < 4.78 is 5.81. The standard InChI is InChI=1S/C19H24O3/c1-7-22-18(15-11-9-8-10-12-15)19(6,16(20)13(2)3)17(21)14(4)5/h8-12,18H,2,4,7H2,1,3,5-6H3. The Morgan fingerprint density at radius 1 is 1.09 bits per heavy atom. The molecule has 1 aromatic carbocycles. The minimum atomic E-state index is -1.37. The molecule has 0 fully saturated rings. The van der Waals surface area contributed by atoms with E-state index in [2.05, 4.69) is 13.2 Å². The second-order valence-corrected chi connectivity index (χ2v) is 5.67. The van der Waals surface area contributed by atoms with E-state index in [4.69, 9.17) is 4.74 Å². The third-order valence-electron chi connectivity index (χ3n) is 3.68. The lowest BCUT2D eigenvalue weighted by Crippen LogP contribution is -2.44. The highest BCUT2D eigenvalue weighted by atomic mass is 16.5. The van der Waals surface area contributed by atoms with Crippen LogP contribution in [0.3, 0.4) is 0 Å². The van der Waals surface area contributed by atoms with Crippen molar-refractivity contribution in [3.05, 3.63) is 60.2 Å². The van der Waals surface area contributed by atoms with Crippen molar-refractivity contribution in [2.24, 2.45) is 5.41 Å². The Balaban J connectivity index is 3.51. The first-order valence-corrected chi connectivity index (χ1v) is 7.33. The van der Waals surface area contributed by atoms with Gasteiger partial charge in [-0.25, -0.2) is 0 Å². The molecule has 0 heterocycles. The minimum absolute atomic E-state index is 0.317. The van der Waals surface area contributed by atoms with Crippen LogP contribution in [0.2, 0.25) is 0 Å². The molecule has 1 atom stereocenters. The van der Waals surface area contributed by atoms with Crippen LogP contribution < -0.4 is 0 Å². The maximum atomic E-state index is 12.8. The van der Waals surface area contributed by atoms with Gasteiger partial charge in [-0.3, -0.25) is 9.59 Å². The van der Waals surface area contributed by atoms with Crippen LogP contribution >= 0.6 is 0 Å². The van der Waals surface area contributed by atoms with Gasteiger partial charge in [0.2, 0.25) is 0 Å². The number of Topliss-reactive ketones (excluding diaryl/α,β-unsaturated/α-hetero) is 2. The van der Waals surface area contributed by atoms with Gasteiger partial charge >= 0.3 is 0 Å². The highest BCUT2D eigenvalue weighted by Crippen LogP contribution is 2.41. The van der Waals surface area contributed by atoms with E-state index >= 15 is 0 Å². The molecule has 0 saturated carbocycles. The first kappa shape index (κ1) is 18.1. The number of carbonyl (C=O) groups excluding carboxylic acids is 2. The molecule has 0 aliphatic rings. The molecule has 0 aliphatic carbocycles. The Hall–Kier alpha value is -2.00. The number of ether oxygens (including phenoxy) is 1. The van der Waals surface area contributed by atoms with E-state index in [0.29, 0.717) is 17.8 Å². The summed E-state index contributed by atoms with van der Waals surface area (Å²) >= 11 is 0. The molecule has 0 amide bonds. The molecular formula is C19H24O3. The molecular weight excluding hydrogens is 276 g/mol. The van der Waals surface area contributed by atoms with Crippen molar-refractivity contribution in [3.8, 4) is 0 Å². The van der Waals surface area contributed by atoms with Crippen molar-refractivity contribution < 1.29 is 14.3 Å². The fourth-order valence-electron chi connectivity index (χ4n) is 2.62. The van der Waals surface area contributed by atoms with E-state index in [1.165, 1.54) is 0 Å². The third kappa shape index (κ3) is 3.42. The molecule has 0 saturated heterocycles. The zero-order valence-electron chi connectivity index (χ0n) is 13.8. The average Bonchev–Trinajstić information content (AvgIpc) is 2.50. The Labute approximate surface area is 132 Å². The van der Waals surface area contributed by atoms with Gasteiger partial charge in [0.15, 0.2) is 11.6 Å². The summed E-state index contributed by atoms with van der Waals surface area (Å²) in [4.78, 5) is 25.5. The summed E-state index contributed by atoms with van der Waals surface area (Å²) in [6.07, 6.45) is -0.674. The Morgan fingerprint density at radius 2 is 1.55 bits per heavy atom. The summed E-state index contributed by atoms with van der Waals surface area (Å²) in [5.74, 6) is -0.634. The first-order valence-electron chi connectivity index (χ1n) is 7.33. The van der Waals surface area contributed by atoms with Gasteiger partial charge in [-0.2, -0.15) is 0 Å². The topological polar surface area (TPSA) is 43.4 Å². The molecule has 118 valence electrons. The smallest absolute Gasteiger partial charge is 0.174 e. The summed E-state index contributed by atoms with van der Waals surface area (Å²) in [7, 11) is 0. The van der Waals surface area contributed by atoms with Crippen LogP contribution in [-0.2, 0) is 14.3 Å². The van der Waals surface area contributed by atoms with Crippen molar-refractivity contribution in [1.82, 2.24) is 0 Å². The van der Waals surface area contributed by atoms with E-state index in [9.17, 15) is 9.59 Å². The molecule has 0 bridgehead atoms. The van der Waals surface area contributed by atoms with E-state index < -0.39 is 11.5 Å². The van der Waals surface area contributed by atoms with E-state index in [0.717, 1.165) is 5.56 Å². The van der Waals surface area contributed by atoms with Crippen molar-refractivity contribution >= 4 is 11.6 Å². The fraction of sp³-hybridized carbons (Fsp3) is 0.368. The molecule has 1 unspecified atom stereocenters. The number of hydrogen-bond acceptors (Lipinski definition) is 3. The number of benzene rings is 1. The van der Waals surface area contributed by atoms with Gasteiger partial charge in [-0.05, 0) is 44.4 Å². The van der Waals surface area contributed by atoms with Gasteiger partial charge in [0.25, 0.3) is 0 Å². The number of hydrogen-bond donors (Lipinski definition) is 0. The SMILES string of the molecule is C=C(C)C(=O)C(C)(C(=O)C(=C)C)C(OCC)c1ccccc1. The lowest BCUT2D eigenvalue weighted by atomic mass is 9.70. The van der Waals surface area contributed by atoms with Crippen molar-refractivity contribution in [2.75, 3.05) is 6.61 Å². The Kier molecular flexibility index (Phi) is 6.01. The summed E-state index contributed by atoms with van der Waals surface area (Å²) in [5, 5.41) is 0. The maximum Gasteiger partial charge on any atom is 0.174 e. The molecule has 0 aromatic heterocycles. The van der Waals surface area contributed by atoms with Crippen LogP contribution in [0.1, 0.15) is 39.4 Å². The zero-order chi connectivity index (χ0) is 16.9. The van der Waals surface area contributed by atoms with Gasteiger partial charge < -0.3 is 4.74 Å². The quantitative estimate of drug-likeness (QED) is 0.537. The number of carbonyl (C=O) groups is 2. The van der Waals surface area contributed by atoms with Gasteiger partial charge in [0.05, 0.1) is 0 Å². The molecule has 1 aromatic rings. The normalized spacial score (nSPS) is 12.5. The maximum absolute atomic E-state index is 12.8. The Morgan fingerprint density at radius 3 is 1.91 bits per heavy atom. The van der Waals surface area contributed by atoms with Gasteiger partial charge in [0, 0.05) is 6.61 Å². The highest BCUT2D eigenvalue weighted by Gasteiger charge is 2.49. The van der Waals surface area contributed by atoms with E-state index in [-0.39, 0.29) is 11.6 Å². The van der Waals surface area contributed by atoms with Crippen LogP contribution in [0.25, 0.3) is 0 Å². The Bertz CT molecular complexity index is 558. The minimum Gasteiger partial charge on any atom is -0.372 e. The molecule has 0 aliphatic heterocycles. The largest absolute Gasteiger partial charge is 0.372 e. The molecule has 3 nitrogen and oxygen atoms in total. The summed E-state index contributed by atoms with van der Waals surface area (Å²) in [6.45, 7) is 14.5. The first-order chi connectivity index (χ1) is 10.3. The van der Waals surface area contributed by atoms with Crippen molar-refractivity contribution in [1.29, 1.82) is 0 Å². The van der Waals surface area contributed by atoms with Crippen molar-refractivity contribution in [3.63, 3.8) is 0 Å². The second kappa shape index (κ2) is 7.32.